The molecule has 0 aliphatic rings. The van der Waals surface area contributed by atoms with E-state index in [4.69, 9.17) is 0 Å². The number of rotatable bonds is 29. The zero-order valence-electron chi connectivity index (χ0n) is 26.9. The number of hydrogen-bond donors (Lipinski definition) is 0. The molecule has 2 nitrogen and oxygen atoms in total. The Balaban J connectivity index is 0. The van der Waals surface area contributed by atoms with Crippen LogP contribution in [0.3, 0.4) is 0 Å². The van der Waals surface area contributed by atoms with Crippen LogP contribution in [0.25, 0.3) is 0 Å². The Kier molecular flexibility index (Phi) is 38.2. The van der Waals surface area contributed by atoms with Crippen molar-refractivity contribution in [3.63, 3.8) is 0 Å². The molecule has 0 aromatic heterocycles. The van der Waals surface area contributed by atoms with Gasteiger partial charge in [0.1, 0.15) is 0 Å². The van der Waals surface area contributed by atoms with Crippen LogP contribution in [0.5, 0.6) is 0 Å². The van der Waals surface area contributed by atoms with Gasteiger partial charge in [0.05, 0.1) is 5.97 Å². The molecule has 1 atom stereocenters. The molecule has 0 spiro atoms. The van der Waals surface area contributed by atoms with Crippen molar-refractivity contribution in [3.05, 3.63) is 0 Å². The summed E-state index contributed by atoms with van der Waals surface area (Å²) in [5.41, 5.74) is 0. The van der Waals surface area contributed by atoms with E-state index in [0.29, 0.717) is 5.92 Å². The number of hydrogen-bond acceptors (Lipinski definition) is 3. The van der Waals surface area contributed by atoms with E-state index in [0.717, 1.165) is 12.2 Å². The van der Waals surface area contributed by atoms with Gasteiger partial charge in [-0.25, -0.2) is 0 Å². The third-order valence-corrected chi connectivity index (χ3v) is 18.0. The molecule has 228 valence electrons. The van der Waals surface area contributed by atoms with E-state index in [9.17, 15) is 9.90 Å². The molecule has 0 aliphatic heterocycles. The number of aliphatic carboxylic acids is 1. The van der Waals surface area contributed by atoms with Crippen LogP contribution in [0, 0.1) is 5.92 Å². The number of carboxylic acid groups (broad SMARTS) is 1. The van der Waals surface area contributed by atoms with Crippen molar-refractivity contribution >= 4 is 37.5 Å². The number of unbranched alkanes of at least 4 members (excludes halogenated alkanes) is 16. The quantitative estimate of drug-likeness (QED) is 0.0592. The molecule has 0 fully saturated rings. The second-order valence-electron chi connectivity index (χ2n) is 11.6. The van der Waals surface area contributed by atoms with Gasteiger partial charge in [0.25, 0.3) is 0 Å². The monoisotopic (exact) mass is 662 g/mol. The van der Waals surface area contributed by atoms with E-state index in [-0.39, 0.29) is 5.75 Å². The molecule has 0 amide bonds. The average Bonchev–Trinajstić information content (AvgIpc) is 2.91. The minimum absolute atomic E-state index is 0.141. The summed E-state index contributed by atoms with van der Waals surface area (Å²) in [6.07, 6.45) is 31.8. The Morgan fingerprint density at radius 3 is 1.29 bits per heavy atom. The van der Waals surface area contributed by atoms with Gasteiger partial charge in [-0.15, -0.1) is 0 Å². The zero-order valence-corrected chi connectivity index (χ0v) is 30.6. The second-order valence-corrected chi connectivity index (χ2v) is 21.2. The van der Waals surface area contributed by atoms with E-state index in [1.807, 2.05) is 0 Å². The first-order chi connectivity index (χ1) is 18.5. The van der Waals surface area contributed by atoms with Crippen LogP contribution in [0.15, 0.2) is 0 Å². The second kappa shape index (κ2) is 35.6. The summed E-state index contributed by atoms with van der Waals surface area (Å²) in [6, 6.07) is 0. The van der Waals surface area contributed by atoms with Crippen molar-refractivity contribution in [2.45, 2.75) is 189 Å². The van der Waals surface area contributed by atoms with Crippen LogP contribution in [0.2, 0.25) is 13.3 Å². The Morgan fingerprint density at radius 1 is 0.579 bits per heavy atom. The van der Waals surface area contributed by atoms with Crippen molar-refractivity contribution < 1.29 is 9.90 Å². The van der Waals surface area contributed by atoms with Crippen molar-refractivity contribution in [1.29, 1.82) is 0 Å². The first-order valence-corrected chi connectivity index (χ1v) is 24.4. The van der Waals surface area contributed by atoms with E-state index < -0.39 is 25.7 Å². The third kappa shape index (κ3) is 34.6. The molecule has 0 saturated carbocycles. The summed E-state index contributed by atoms with van der Waals surface area (Å²) in [5, 5.41) is 10.2. The zero-order chi connectivity index (χ0) is 28.5. The van der Waals surface area contributed by atoms with Crippen molar-refractivity contribution in [2.75, 3.05) is 11.5 Å². The minimum atomic E-state index is -1.02. The summed E-state index contributed by atoms with van der Waals surface area (Å²) in [4.78, 5) is 10.2. The van der Waals surface area contributed by atoms with Gasteiger partial charge >= 0.3 is 169 Å². The third-order valence-electron chi connectivity index (χ3n) is 7.77. The Labute approximate surface area is 252 Å². The number of carbonyl (C=O) groups excluding carboxylic acids is 1. The molecule has 0 aromatic carbocycles. The molecule has 0 heterocycles. The van der Waals surface area contributed by atoms with E-state index in [1.54, 1.807) is 32.6 Å². The Hall–Kier alpha value is 0.619. The molecule has 0 radical (unpaired) electrons. The standard InChI is InChI=1S/C10H20O2S.3C8H17.Sn/c1-3-5-6-9(4-2)7-13-8-10(11)12;3*1-3-5-7-8-6-4-2;/h9H,3-8H2,1-2H3,(H,11,12);3*1,3-8H2,2H3;/q;;;;+1/p-1. The van der Waals surface area contributed by atoms with Crippen LogP contribution in [-0.2, 0) is 4.79 Å². The Morgan fingerprint density at radius 2 is 0.947 bits per heavy atom. The molecule has 0 rings (SSSR count). The van der Waals surface area contributed by atoms with Gasteiger partial charge in [-0.05, 0) is 18.1 Å². The van der Waals surface area contributed by atoms with Crippen LogP contribution >= 0.6 is 11.8 Å². The van der Waals surface area contributed by atoms with Crippen molar-refractivity contribution in [1.82, 2.24) is 0 Å². The molecule has 0 aromatic rings. The molecular formula is C34H70O2SSn. The van der Waals surface area contributed by atoms with E-state index in [1.165, 1.54) is 127 Å². The van der Waals surface area contributed by atoms with Gasteiger partial charge < -0.3 is 9.90 Å². The Bertz CT molecular complexity index is 408. The number of thioether (sulfide) groups is 1. The van der Waals surface area contributed by atoms with Gasteiger partial charge in [0, 0.05) is 5.75 Å². The molecule has 38 heavy (non-hydrogen) atoms. The van der Waals surface area contributed by atoms with E-state index >= 15 is 0 Å². The van der Waals surface area contributed by atoms with Gasteiger partial charge in [0.2, 0.25) is 0 Å². The molecule has 4 heteroatoms. The maximum atomic E-state index is 10.2. The summed E-state index contributed by atoms with van der Waals surface area (Å²) < 4.78 is 5.16. The fraction of sp³-hybridized carbons (Fsp3) is 0.971. The first-order valence-electron chi connectivity index (χ1n) is 17.2. The van der Waals surface area contributed by atoms with Gasteiger partial charge in [-0.2, -0.15) is 11.8 Å². The summed E-state index contributed by atoms with van der Waals surface area (Å²) in [5.74, 6) is 0.840. The van der Waals surface area contributed by atoms with E-state index in [2.05, 4.69) is 34.6 Å². The summed E-state index contributed by atoms with van der Waals surface area (Å²) in [7, 11) is 0. The van der Waals surface area contributed by atoms with Crippen LogP contribution < -0.4 is 5.11 Å². The average molecular weight is 662 g/mol. The van der Waals surface area contributed by atoms with Gasteiger partial charge in [-0.1, -0.05) is 33.1 Å². The number of carboxylic acids is 1. The van der Waals surface area contributed by atoms with Crippen molar-refractivity contribution in [3.8, 4) is 0 Å². The predicted molar refractivity (Wildman–Crippen MR) is 176 cm³/mol. The topological polar surface area (TPSA) is 40.1 Å². The molecule has 1 unspecified atom stereocenters. The molecule has 0 N–H and O–H groups in total. The molecular weight excluding hydrogens is 591 g/mol. The predicted octanol–water partition coefficient (Wildman–Crippen LogP) is 11.2. The van der Waals surface area contributed by atoms with Crippen molar-refractivity contribution in [2.24, 2.45) is 5.92 Å². The molecule has 0 bridgehead atoms. The fourth-order valence-corrected chi connectivity index (χ4v) is 14.6. The SMILES string of the molecule is CCCCC(CC)CSCC(=O)[O-].CCCCCCC[CH2][Sn+]([CH2]CCCCCCC)[CH2]CCCCCCC. The molecule has 0 saturated heterocycles. The van der Waals surface area contributed by atoms with Gasteiger partial charge in [0.15, 0.2) is 0 Å². The number of carbonyl (C=O) groups is 1. The van der Waals surface area contributed by atoms with Crippen LogP contribution in [0.1, 0.15) is 176 Å². The normalized spacial score (nSPS) is 11.7. The molecule has 0 aliphatic carbocycles. The summed E-state index contributed by atoms with van der Waals surface area (Å²) in [6.45, 7) is 11.3. The first kappa shape index (κ1) is 40.8. The van der Waals surface area contributed by atoms with Gasteiger partial charge in [-0.3, -0.25) is 0 Å². The summed E-state index contributed by atoms with van der Waals surface area (Å²) >= 11 is 0.467. The maximum absolute atomic E-state index is 10.2. The van der Waals surface area contributed by atoms with Crippen LogP contribution in [0.4, 0.5) is 0 Å². The van der Waals surface area contributed by atoms with Crippen LogP contribution in [-0.4, -0.2) is 37.2 Å². The fourth-order valence-electron chi connectivity index (χ4n) is 5.05.